The maximum Gasteiger partial charge on any atom is 0.255 e. The molecule has 0 radical (unpaired) electrons. The molecule has 0 spiro atoms. The van der Waals surface area contributed by atoms with Gasteiger partial charge in [0.2, 0.25) is 0 Å². The van der Waals surface area contributed by atoms with E-state index in [0.29, 0.717) is 58.3 Å². The van der Waals surface area contributed by atoms with Crippen LogP contribution in [0.15, 0.2) is 55.1 Å². The number of piperazine rings is 1. The molecule has 1 aromatic carbocycles. The first-order valence-electron chi connectivity index (χ1n) is 11.8. The highest BCUT2D eigenvalue weighted by atomic mass is 16.5. The lowest BCUT2D eigenvalue weighted by atomic mass is 10.2. The van der Waals surface area contributed by atoms with Gasteiger partial charge in [-0.05, 0) is 44.2 Å². The molecule has 0 atom stereocenters. The number of rotatable bonds is 6. The van der Waals surface area contributed by atoms with Crippen LogP contribution in [0, 0.1) is 11.3 Å². The monoisotopic (exact) mass is 482 g/mol. The molecule has 3 aromatic heterocycles. The van der Waals surface area contributed by atoms with E-state index in [1.165, 1.54) is 6.33 Å². The molecule has 1 saturated heterocycles. The summed E-state index contributed by atoms with van der Waals surface area (Å²) in [5, 5.41) is 15.8. The van der Waals surface area contributed by atoms with Gasteiger partial charge in [-0.15, -0.1) is 0 Å². The van der Waals surface area contributed by atoms with E-state index in [4.69, 9.17) is 9.72 Å². The van der Waals surface area contributed by atoms with Gasteiger partial charge >= 0.3 is 0 Å². The molecule has 1 amide bonds. The summed E-state index contributed by atoms with van der Waals surface area (Å²) in [7, 11) is 0. The number of benzene rings is 1. The molecule has 0 bridgehead atoms. The summed E-state index contributed by atoms with van der Waals surface area (Å²) in [6, 6.07) is 12.9. The number of hydrogen-bond donors (Lipinski definition) is 2. The number of nitrogens with zero attached hydrogens (tertiary/aromatic N) is 6. The molecule has 1 aliphatic heterocycles. The lowest BCUT2D eigenvalue weighted by molar-refractivity contribution is 0.0736. The third-order valence-corrected chi connectivity index (χ3v) is 5.80. The number of carbonyl (C=O) groups is 1. The molecular weight excluding hydrogens is 456 g/mol. The van der Waals surface area contributed by atoms with Crippen LogP contribution in [0.5, 0.6) is 5.75 Å². The van der Waals surface area contributed by atoms with E-state index in [1.807, 2.05) is 47.7 Å². The van der Waals surface area contributed by atoms with Gasteiger partial charge in [0.25, 0.3) is 5.91 Å². The van der Waals surface area contributed by atoms with Gasteiger partial charge in [0.1, 0.15) is 23.4 Å². The average molecular weight is 483 g/mol. The Morgan fingerprint density at radius 3 is 2.78 bits per heavy atom. The Morgan fingerprint density at radius 1 is 1.17 bits per heavy atom. The van der Waals surface area contributed by atoms with Crippen molar-refractivity contribution in [3.05, 3.63) is 66.2 Å². The fourth-order valence-corrected chi connectivity index (χ4v) is 4.06. The number of anilines is 2. The Hall–Kier alpha value is -4.49. The molecule has 2 N–H and O–H groups in total. The number of aromatic nitrogens is 4. The van der Waals surface area contributed by atoms with Crippen molar-refractivity contribution in [2.24, 2.45) is 0 Å². The summed E-state index contributed by atoms with van der Waals surface area (Å²) >= 11 is 0. The second-order valence-electron chi connectivity index (χ2n) is 8.72. The van der Waals surface area contributed by atoms with Crippen LogP contribution < -0.4 is 15.4 Å². The molecule has 0 aliphatic carbocycles. The van der Waals surface area contributed by atoms with Gasteiger partial charge in [-0.25, -0.2) is 15.0 Å². The predicted octanol–water partition coefficient (Wildman–Crippen LogP) is 3.26. The van der Waals surface area contributed by atoms with Gasteiger partial charge in [0, 0.05) is 44.6 Å². The number of nitrogens with one attached hydrogen (secondary N) is 2. The van der Waals surface area contributed by atoms with Crippen LogP contribution in [-0.4, -0.2) is 62.6 Å². The van der Waals surface area contributed by atoms with Crippen molar-refractivity contribution >= 4 is 28.4 Å². The molecule has 5 rings (SSSR count). The SMILES string of the molecule is CC(C)Oc1cc(C#N)ccc1Nc1ncnc2ccc(-n3ccc(C(=O)N4CCNCC4)c3)nc12. The Balaban J connectivity index is 1.46. The highest BCUT2D eigenvalue weighted by Gasteiger charge is 2.19. The molecule has 4 heterocycles. The molecule has 4 aromatic rings. The average Bonchev–Trinajstić information content (AvgIpc) is 3.40. The van der Waals surface area contributed by atoms with Gasteiger partial charge < -0.3 is 24.8 Å². The van der Waals surface area contributed by atoms with Crippen LogP contribution in [0.4, 0.5) is 11.5 Å². The van der Waals surface area contributed by atoms with Crippen molar-refractivity contribution in [2.45, 2.75) is 20.0 Å². The topological polar surface area (TPSA) is 121 Å². The van der Waals surface area contributed by atoms with E-state index in [9.17, 15) is 10.1 Å². The Morgan fingerprint density at radius 2 is 2.00 bits per heavy atom. The minimum Gasteiger partial charge on any atom is -0.489 e. The van der Waals surface area contributed by atoms with E-state index in [0.717, 1.165) is 13.1 Å². The second-order valence-corrected chi connectivity index (χ2v) is 8.72. The molecular formula is C26H26N8O2. The van der Waals surface area contributed by atoms with Crippen molar-refractivity contribution < 1.29 is 9.53 Å². The summed E-state index contributed by atoms with van der Waals surface area (Å²) in [6.07, 6.45) is 5.03. The van der Waals surface area contributed by atoms with E-state index in [2.05, 4.69) is 26.7 Å². The summed E-state index contributed by atoms with van der Waals surface area (Å²) in [5.74, 6) is 1.70. The van der Waals surface area contributed by atoms with E-state index in [-0.39, 0.29) is 12.0 Å². The van der Waals surface area contributed by atoms with Crippen LogP contribution in [-0.2, 0) is 0 Å². The Kier molecular flexibility index (Phi) is 6.47. The number of fused-ring (bicyclic) bond motifs is 1. The zero-order chi connectivity index (χ0) is 25.1. The molecule has 1 aliphatic rings. The quantitative estimate of drug-likeness (QED) is 0.430. The number of carbonyl (C=O) groups excluding carboxylic acids is 1. The molecule has 10 nitrogen and oxygen atoms in total. The van der Waals surface area contributed by atoms with E-state index >= 15 is 0 Å². The number of amides is 1. The van der Waals surface area contributed by atoms with Gasteiger partial charge in [-0.1, -0.05) is 0 Å². The maximum atomic E-state index is 12.9. The zero-order valence-corrected chi connectivity index (χ0v) is 20.1. The van der Waals surface area contributed by atoms with E-state index < -0.39 is 0 Å². The molecule has 1 fully saturated rings. The number of pyridine rings is 1. The standard InChI is InChI=1S/C26H26N8O2/c1-17(2)36-22-13-18(14-27)3-4-20(22)31-25-24-21(29-16-30-25)5-6-23(32-24)34-10-7-19(15-34)26(35)33-11-8-28-9-12-33/h3-7,10,13,15-17,28H,8-9,11-12H2,1-2H3,(H,29,30,31). The summed E-state index contributed by atoms with van der Waals surface area (Å²) in [5.41, 5.74) is 3.02. The van der Waals surface area contributed by atoms with Gasteiger partial charge in [0.05, 0.1) is 34.5 Å². The fourth-order valence-electron chi connectivity index (χ4n) is 4.06. The van der Waals surface area contributed by atoms with Crippen LogP contribution in [0.2, 0.25) is 0 Å². The minimum atomic E-state index is -0.0711. The fraction of sp³-hybridized carbons (Fsp3) is 0.269. The Labute approximate surface area is 208 Å². The first-order valence-corrected chi connectivity index (χ1v) is 11.8. The minimum absolute atomic E-state index is 0.0141. The second kappa shape index (κ2) is 10.0. The van der Waals surface area contributed by atoms with Crippen molar-refractivity contribution in [3.63, 3.8) is 0 Å². The first kappa shape index (κ1) is 23.3. The van der Waals surface area contributed by atoms with Gasteiger partial charge in [-0.3, -0.25) is 4.79 Å². The highest BCUT2D eigenvalue weighted by Crippen LogP contribution is 2.31. The summed E-state index contributed by atoms with van der Waals surface area (Å²) in [4.78, 5) is 28.3. The van der Waals surface area contributed by atoms with Crippen LogP contribution in [0.25, 0.3) is 16.9 Å². The van der Waals surface area contributed by atoms with Crippen LogP contribution in [0.3, 0.4) is 0 Å². The first-order chi connectivity index (χ1) is 17.5. The Bertz CT molecular complexity index is 1450. The smallest absolute Gasteiger partial charge is 0.255 e. The van der Waals surface area contributed by atoms with Crippen molar-refractivity contribution in [3.8, 4) is 17.6 Å². The van der Waals surface area contributed by atoms with Crippen molar-refractivity contribution in [1.29, 1.82) is 5.26 Å². The predicted molar refractivity (Wildman–Crippen MR) is 136 cm³/mol. The molecule has 10 heteroatoms. The lowest BCUT2D eigenvalue weighted by Crippen LogP contribution is -2.46. The van der Waals surface area contributed by atoms with Crippen molar-refractivity contribution in [1.82, 2.24) is 29.7 Å². The summed E-state index contributed by atoms with van der Waals surface area (Å²) < 4.78 is 7.74. The molecule has 0 saturated carbocycles. The van der Waals surface area contributed by atoms with Crippen LogP contribution in [0.1, 0.15) is 29.8 Å². The third kappa shape index (κ3) is 4.82. The lowest BCUT2D eigenvalue weighted by Gasteiger charge is -2.27. The molecule has 0 unspecified atom stereocenters. The normalized spacial score (nSPS) is 13.6. The van der Waals surface area contributed by atoms with Crippen molar-refractivity contribution in [2.75, 3.05) is 31.5 Å². The van der Waals surface area contributed by atoms with Gasteiger partial charge in [0.15, 0.2) is 5.82 Å². The third-order valence-electron chi connectivity index (χ3n) is 5.80. The molecule has 36 heavy (non-hydrogen) atoms. The molecule has 182 valence electrons. The van der Waals surface area contributed by atoms with E-state index in [1.54, 1.807) is 24.4 Å². The zero-order valence-electron chi connectivity index (χ0n) is 20.1. The highest BCUT2D eigenvalue weighted by molar-refractivity contribution is 5.94. The largest absolute Gasteiger partial charge is 0.489 e. The summed E-state index contributed by atoms with van der Waals surface area (Å²) in [6.45, 7) is 6.85. The number of hydrogen-bond acceptors (Lipinski definition) is 8. The number of ether oxygens (including phenoxy) is 1. The van der Waals surface area contributed by atoms with Crippen LogP contribution >= 0.6 is 0 Å². The number of nitriles is 1. The maximum absolute atomic E-state index is 12.9. The van der Waals surface area contributed by atoms with Gasteiger partial charge in [-0.2, -0.15) is 5.26 Å².